The zero-order valence-corrected chi connectivity index (χ0v) is 13.3. The molecule has 0 saturated heterocycles. The van der Waals surface area contributed by atoms with Crippen molar-refractivity contribution in [2.75, 3.05) is 14.2 Å². The number of nitrogens with zero attached hydrogens (tertiary/aromatic N) is 1. The molecule has 0 fully saturated rings. The van der Waals surface area contributed by atoms with E-state index >= 15 is 0 Å². The summed E-state index contributed by atoms with van der Waals surface area (Å²) in [7, 11) is 2.46. The number of carbonyl (C=O) groups excluding carboxylic acids is 2. The van der Waals surface area contributed by atoms with E-state index in [0.717, 1.165) is 29.7 Å². The Balaban J connectivity index is 3.15. The first-order valence-electron chi connectivity index (χ1n) is 5.15. The van der Waals surface area contributed by atoms with Crippen LogP contribution >= 0.6 is 35.7 Å². The quantitative estimate of drug-likeness (QED) is 0.209. The van der Waals surface area contributed by atoms with Crippen molar-refractivity contribution in [1.82, 2.24) is 0 Å². The fourth-order valence-corrected chi connectivity index (χ4v) is 3.93. The second-order valence-electron chi connectivity index (χ2n) is 3.37. The summed E-state index contributed by atoms with van der Waals surface area (Å²) in [6.45, 7) is 1.70. The number of rotatable bonds is 4. The monoisotopic (exact) mass is 333 g/mol. The Hall–Kier alpha value is -1.32. The number of allylic oxidation sites excluding steroid dienone is 1. The molecule has 1 rings (SSSR count). The summed E-state index contributed by atoms with van der Waals surface area (Å²) in [4.78, 5) is 23.9. The third-order valence-corrected chi connectivity index (χ3v) is 5.36. The summed E-state index contributed by atoms with van der Waals surface area (Å²) in [6.07, 6.45) is 1.10. The molecule has 0 spiro atoms. The van der Waals surface area contributed by atoms with E-state index in [-0.39, 0.29) is 9.81 Å². The Bertz CT molecular complexity index is 520. The van der Waals surface area contributed by atoms with Gasteiger partial charge in [0.05, 0.1) is 29.5 Å². The zero-order chi connectivity index (χ0) is 15.3. The number of hydrogen-bond acceptors (Lipinski definition) is 9. The summed E-state index contributed by atoms with van der Waals surface area (Å²) < 4.78 is 9.90. The van der Waals surface area contributed by atoms with Crippen LogP contribution in [0.2, 0.25) is 0 Å². The molecule has 0 aromatic rings. The second-order valence-corrected chi connectivity index (χ2v) is 6.11. The molecule has 9 heteroatoms. The van der Waals surface area contributed by atoms with E-state index in [1.54, 1.807) is 6.92 Å². The Morgan fingerprint density at radius 2 is 1.65 bits per heavy atom. The van der Waals surface area contributed by atoms with E-state index < -0.39 is 11.9 Å². The molecule has 1 heterocycles. The maximum absolute atomic E-state index is 11.7. The SMILES string of the molecule is COC(=O)C1=C(C(=O)OC)SC(=C(C)C(=S)C=NO)S1. The average molecular weight is 333 g/mol. The Morgan fingerprint density at radius 3 is 2.00 bits per heavy atom. The molecular formula is C11H11NO5S3. The summed E-state index contributed by atoms with van der Waals surface area (Å²) in [6, 6.07) is 0. The lowest BCUT2D eigenvalue weighted by Gasteiger charge is -2.02. The molecular weight excluding hydrogens is 322 g/mol. The maximum atomic E-state index is 11.7. The Labute approximate surface area is 129 Å². The summed E-state index contributed by atoms with van der Waals surface area (Å²) in [5.74, 6) is -1.24. The average Bonchev–Trinajstić information content (AvgIpc) is 2.90. The van der Waals surface area contributed by atoms with E-state index in [4.69, 9.17) is 17.4 Å². The van der Waals surface area contributed by atoms with Crippen LogP contribution < -0.4 is 0 Å². The smallest absolute Gasteiger partial charge is 0.346 e. The first kappa shape index (κ1) is 16.7. The lowest BCUT2D eigenvalue weighted by atomic mass is 10.3. The molecule has 0 saturated carbocycles. The highest BCUT2D eigenvalue weighted by molar-refractivity contribution is 8.29. The van der Waals surface area contributed by atoms with Gasteiger partial charge < -0.3 is 14.7 Å². The third-order valence-electron chi connectivity index (χ3n) is 2.19. The van der Waals surface area contributed by atoms with Crippen molar-refractivity contribution in [2.24, 2.45) is 5.16 Å². The number of ether oxygens (including phenoxy) is 2. The van der Waals surface area contributed by atoms with E-state index in [1.807, 2.05) is 0 Å². The van der Waals surface area contributed by atoms with E-state index in [1.165, 1.54) is 14.2 Å². The number of carbonyl (C=O) groups is 2. The van der Waals surface area contributed by atoms with Crippen LogP contribution in [0.3, 0.4) is 0 Å². The van der Waals surface area contributed by atoms with E-state index in [0.29, 0.717) is 14.7 Å². The zero-order valence-electron chi connectivity index (χ0n) is 10.8. The second kappa shape index (κ2) is 7.46. The number of thioether (sulfide) groups is 2. The van der Waals surface area contributed by atoms with Crippen LogP contribution in [0.5, 0.6) is 0 Å². The van der Waals surface area contributed by atoms with Gasteiger partial charge in [-0.3, -0.25) is 0 Å². The lowest BCUT2D eigenvalue weighted by molar-refractivity contribution is -0.138. The summed E-state index contributed by atoms with van der Waals surface area (Å²) >= 11 is 7.18. The number of hydrogen-bond donors (Lipinski definition) is 1. The molecule has 0 atom stereocenters. The molecule has 108 valence electrons. The minimum atomic E-state index is -0.618. The van der Waals surface area contributed by atoms with Gasteiger partial charge in [-0.15, -0.1) is 0 Å². The van der Waals surface area contributed by atoms with Gasteiger partial charge >= 0.3 is 11.9 Å². The molecule has 0 aromatic carbocycles. The van der Waals surface area contributed by atoms with Crippen LogP contribution in [0.4, 0.5) is 0 Å². The number of oxime groups is 1. The van der Waals surface area contributed by atoms with Crippen LogP contribution in [-0.2, 0) is 19.1 Å². The standard InChI is InChI=1S/C11H11NO5S3/c1-5(6(18)4-12-15)11-19-7(9(13)16-2)8(20-11)10(14)17-3/h4,15H,1-3H3. The molecule has 1 aliphatic heterocycles. The molecule has 0 aliphatic carbocycles. The van der Waals surface area contributed by atoms with Crippen molar-refractivity contribution in [3.8, 4) is 0 Å². The number of thiocarbonyl (C=S) groups is 1. The minimum Gasteiger partial charge on any atom is -0.465 e. The van der Waals surface area contributed by atoms with Crippen molar-refractivity contribution in [2.45, 2.75) is 6.92 Å². The number of methoxy groups -OCH3 is 2. The normalized spacial score (nSPS) is 14.7. The molecule has 6 nitrogen and oxygen atoms in total. The van der Waals surface area contributed by atoms with Gasteiger partial charge in [-0.25, -0.2) is 9.59 Å². The third kappa shape index (κ3) is 3.62. The van der Waals surface area contributed by atoms with Crippen molar-refractivity contribution < 1.29 is 24.3 Å². The predicted octanol–water partition coefficient (Wildman–Crippen LogP) is 2.09. The van der Waals surface area contributed by atoms with Crippen molar-refractivity contribution in [3.05, 3.63) is 19.6 Å². The maximum Gasteiger partial charge on any atom is 0.346 e. The molecule has 0 radical (unpaired) electrons. The van der Waals surface area contributed by atoms with Crippen LogP contribution in [0.15, 0.2) is 24.8 Å². The van der Waals surface area contributed by atoms with Crippen molar-refractivity contribution in [3.63, 3.8) is 0 Å². The molecule has 1 aliphatic rings. The highest BCUT2D eigenvalue weighted by Crippen LogP contribution is 2.51. The van der Waals surface area contributed by atoms with Crippen molar-refractivity contribution >= 4 is 58.8 Å². The summed E-state index contributed by atoms with van der Waals surface area (Å²) in [5, 5.41) is 11.3. The van der Waals surface area contributed by atoms with Gasteiger partial charge in [-0.1, -0.05) is 40.9 Å². The lowest BCUT2D eigenvalue weighted by Crippen LogP contribution is -2.08. The highest BCUT2D eigenvalue weighted by atomic mass is 32.2. The fourth-order valence-electron chi connectivity index (χ4n) is 1.16. The molecule has 0 aromatic heterocycles. The fraction of sp³-hybridized carbons (Fsp3) is 0.273. The number of esters is 2. The Kier molecular flexibility index (Phi) is 6.24. The highest BCUT2D eigenvalue weighted by Gasteiger charge is 2.33. The molecule has 0 bridgehead atoms. The van der Waals surface area contributed by atoms with Crippen LogP contribution in [0.1, 0.15) is 6.92 Å². The molecule has 0 unspecified atom stereocenters. The van der Waals surface area contributed by atoms with E-state index in [2.05, 4.69) is 14.6 Å². The van der Waals surface area contributed by atoms with E-state index in [9.17, 15) is 9.59 Å². The van der Waals surface area contributed by atoms with Gasteiger partial charge in [-0.2, -0.15) is 0 Å². The van der Waals surface area contributed by atoms with Crippen molar-refractivity contribution in [1.29, 1.82) is 0 Å². The molecule has 20 heavy (non-hydrogen) atoms. The van der Waals surface area contributed by atoms with Gasteiger partial charge in [0.15, 0.2) is 0 Å². The molecule has 0 amide bonds. The topological polar surface area (TPSA) is 85.2 Å². The predicted molar refractivity (Wildman–Crippen MR) is 81.8 cm³/mol. The Morgan fingerprint density at radius 1 is 1.20 bits per heavy atom. The van der Waals surface area contributed by atoms with Gasteiger partial charge in [0.25, 0.3) is 0 Å². The van der Waals surface area contributed by atoms with Gasteiger partial charge in [0.2, 0.25) is 0 Å². The van der Waals surface area contributed by atoms with Crippen LogP contribution in [-0.4, -0.2) is 42.4 Å². The van der Waals surface area contributed by atoms with Crippen LogP contribution in [0, 0.1) is 0 Å². The largest absolute Gasteiger partial charge is 0.465 e. The minimum absolute atomic E-state index is 0.155. The first-order valence-corrected chi connectivity index (χ1v) is 7.19. The first-order chi connectivity index (χ1) is 9.46. The summed E-state index contributed by atoms with van der Waals surface area (Å²) in [5.41, 5.74) is 0.619. The van der Waals surface area contributed by atoms with Gasteiger partial charge in [-0.05, 0) is 12.5 Å². The van der Waals surface area contributed by atoms with Crippen LogP contribution in [0.25, 0.3) is 0 Å². The van der Waals surface area contributed by atoms with Gasteiger partial charge in [0, 0.05) is 0 Å². The van der Waals surface area contributed by atoms with Gasteiger partial charge in [0.1, 0.15) is 9.81 Å². The molecule has 1 N–H and O–H groups in total.